The van der Waals surface area contributed by atoms with Crippen molar-refractivity contribution in [2.24, 2.45) is 0 Å². The molecule has 128 valence electrons. The molecular weight excluding hydrogens is 336 g/mol. The second-order valence-electron chi connectivity index (χ2n) is 5.09. The van der Waals surface area contributed by atoms with Gasteiger partial charge in [-0.1, -0.05) is 17.2 Å². The van der Waals surface area contributed by atoms with E-state index >= 15 is 0 Å². The van der Waals surface area contributed by atoms with Crippen molar-refractivity contribution in [3.05, 3.63) is 65.2 Å². The van der Waals surface area contributed by atoms with Crippen molar-refractivity contribution >= 4 is 17.8 Å². The van der Waals surface area contributed by atoms with Gasteiger partial charge in [0.2, 0.25) is 0 Å². The van der Waals surface area contributed by atoms with Crippen LogP contribution in [0.1, 0.15) is 27.1 Å². The zero-order chi connectivity index (χ0) is 18.0. The van der Waals surface area contributed by atoms with Crippen molar-refractivity contribution < 1.29 is 32.7 Å². The molecule has 0 aromatic heterocycles. The first-order valence-electron chi connectivity index (χ1n) is 7.24. The molecule has 8 heteroatoms. The average molecular weight is 347 g/mol. The summed E-state index contributed by atoms with van der Waals surface area (Å²) in [6.07, 6.45) is -0.372. The van der Waals surface area contributed by atoms with Gasteiger partial charge in [-0.15, -0.1) is 0 Å². The van der Waals surface area contributed by atoms with Gasteiger partial charge in [-0.3, -0.25) is 9.59 Å². The van der Waals surface area contributed by atoms with Crippen LogP contribution in [0.15, 0.2) is 42.5 Å². The highest BCUT2D eigenvalue weighted by Crippen LogP contribution is 2.23. The van der Waals surface area contributed by atoms with Crippen LogP contribution in [0.5, 0.6) is 5.75 Å². The minimum Gasteiger partial charge on any atom is -0.490 e. The first kappa shape index (κ1) is 16.6. The second-order valence-corrected chi connectivity index (χ2v) is 5.09. The Hall–Kier alpha value is -3.29. The van der Waals surface area contributed by atoms with E-state index in [-0.39, 0.29) is 29.9 Å². The highest BCUT2D eigenvalue weighted by molar-refractivity contribution is 6.20. The maximum Gasteiger partial charge on any atom is 0.336 e. The summed E-state index contributed by atoms with van der Waals surface area (Å²) < 4.78 is 31.3. The summed E-state index contributed by atoms with van der Waals surface area (Å²) in [5.41, 5.74) is 0.275. The highest BCUT2D eigenvalue weighted by atomic mass is 19.1. The van der Waals surface area contributed by atoms with Crippen LogP contribution in [0.25, 0.3) is 0 Å². The smallest absolute Gasteiger partial charge is 0.336 e. The van der Waals surface area contributed by atoms with Crippen LogP contribution in [0.2, 0.25) is 0 Å². The van der Waals surface area contributed by atoms with Gasteiger partial charge in [-0.25, -0.2) is 13.6 Å². The lowest BCUT2D eigenvalue weighted by molar-refractivity contribution is -0.169. The molecule has 1 aliphatic rings. The predicted molar refractivity (Wildman–Crippen MR) is 79.5 cm³/mol. The Balaban J connectivity index is 1.56. The Morgan fingerprint density at radius 2 is 1.64 bits per heavy atom. The SMILES string of the molecule is O=C(CCOc1cc(F)ccc1F)ON1C(=O)c2ccccc2C1=O. The minimum absolute atomic E-state index is 0.137. The summed E-state index contributed by atoms with van der Waals surface area (Å²) in [5.74, 6) is -4.24. The molecule has 0 N–H and O–H groups in total. The number of carbonyl (C=O) groups is 3. The third-order valence-electron chi connectivity index (χ3n) is 3.41. The normalized spacial score (nSPS) is 13.0. The van der Waals surface area contributed by atoms with Gasteiger partial charge in [-0.05, 0) is 24.3 Å². The fraction of sp³-hybridized carbons (Fsp3) is 0.118. The van der Waals surface area contributed by atoms with Crippen molar-refractivity contribution in [2.75, 3.05) is 6.61 Å². The first-order chi connectivity index (χ1) is 12.0. The van der Waals surface area contributed by atoms with E-state index in [1.807, 2.05) is 0 Å². The van der Waals surface area contributed by atoms with Gasteiger partial charge in [0.05, 0.1) is 24.2 Å². The molecule has 6 nitrogen and oxygen atoms in total. The molecule has 0 spiro atoms. The minimum atomic E-state index is -0.925. The van der Waals surface area contributed by atoms with E-state index in [0.29, 0.717) is 5.06 Å². The van der Waals surface area contributed by atoms with Gasteiger partial charge in [0.25, 0.3) is 11.8 Å². The van der Waals surface area contributed by atoms with Crippen molar-refractivity contribution in [3.63, 3.8) is 0 Å². The van der Waals surface area contributed by atoms with Crippen LogP contribution < -0.4 is 4.74 Å². The molecule has 25 heavy (non-hydrogen) atoms. The number of ether oxygens (including phenoxy) is 1. The van der Waals surface area contributed by atoms with Gasteiger partial charge < -0.3 is 9.57 Å². The number of hydrogen-bond acceptors (Lipinski definition) is 5. The Bertz CT molecular complexity index is 833. The van der Waals surface area contributed by atoms with E-state index < -0.39 is 29.4 Å². The third-order valence-corrected chi connectivity index (χ3v) is 3.41. The summed E-state index contributed by atoms with van der Waals surface area (Å²) in [5, 5.41) is 0.371. The molecule has 3 rings (SSSR count). The molecule has 0 atom stereocenters. The molecule has 0 unspecified atom stereocenters. The zero-order valence-corrected chi connectivity index (χ0v) is 12.7. The lowest BCUT2D eigenvalue weighted by Crippen LogP contribution is -2.33. The summed E-state index contributed by atoms with van der Waals surface area (Å²) in [7, 11) is 0. The van der Waals surface area contributed by atoms with Crippen LogP contribution in [0, 0.1) is 11.6 Å². The molecule has 0 saturated heterocycles. The summed E-state index contributed by atoms with van der Waals surface area (Å²) in [4.78, 5) is 40.6. The van der Waals surface area contributed by atoms with Crippen molar-refractivity contribution in [2.45, 2.75) is 6.42 Å². The number of imide groups is 1. The molecule has 1 aliphatic heterocycles. The van der Waals surface area contributed by atoms with Gasteiger partial charge in [0, 0.05) is 6.07 Å². The van der Waals surface area contributed by atoms with E-state index in [9.17, 15) is 23.2 Å². The quantitative estimate of drug-likeness (QED) is 0.777. The number of nitrogens with zero attached hydrogens (tertiary/aromatic N) is 1. The number of carbonyl (C=O) groups excluding carboxylic acids is 3. The van der Waals surface area contributed by atoms with Gasteiger partial charge in [-0.2, -0.15) is 0 Å². The standard InChI is InChI=1S/C17H11F2NO5/c18-10-5-6-13(19)14(9-10)24-8-7-15(21)25-20-16(22)11-3-1-2-4-12(11)17(20)23/h1-6,9H,7-8H2. The van der Waals surface area contributed by atoms with E-state index in [4.69, 9.17) is 9.57 Å². The van der Waals surface area contributed by atoms with E-state index in [2.05, 4.69) is 0 Å². The molecule has 0 aliphatic carbocycles. The number of rotatable bonds is 5. The summed E-state index contributed by atoms with van der Waals surface area (Å²) >= 11 is 0. The van der Waals surface area contributed by atoms with E-state index in [1.165, 1.54) is 12.1 Å². The lowest BCUT2D eigenvalue weighted by atomic mass is 10.1. The van der Waals surface area contributed by atoms with Gasteiger partial charge >= 0.3 is 5.97 Å². The molecule has 1 heterocycles. The first-order valence-corrected chi connectivity index (χ1v) is 7.24. The van der Waals surface area contributed by atoms with Crippen LogP contribution in [-0.2, 0) is 9.63 Å². The topological polar surface area (TPSA) is 72.9 Å². The van der Waals surface area contributed by atoms with Gasteiger partial charge in [0.1, 0.15) is 5.82 Å². The Labute approximate surface area is 140 Å². The van der Waals surface area contributed by atoms with E-state index in [1.54, 1.807) is 12.1 Å². The number of fused-ring (bicyclic) bond motifs is 1. The maximum absolute atomic E-state index is 13.4. The van der Waals surface area contributed by atoms with Crippen molar-refractivity contribution in [1.82, 2.24) is 5.06 Å². The van der Waals surface area contributed by atoms with Crippen LogP contribution in [0.4, 0.5) is 8.78 Å². The number of benzene rings is 2. The predicted octanol–water partition coefficient (Wildman–Crippen LogP) is 2.49. The Morgan fingerprint density at radius 3 is 2.28 bits per heavy atom. The molecule has 0 saturated carbocycles. The van der Waals surface area contributed by atoms with Crippen molar-refractivity contribution in [1.29, 1.82) is 0 Å². The molecule has 2 aromatic carbocycles. The zero-order valence-electron chi connectivity index (χ0n) is 12.7. The summed E-state index contributed by atoms with van der Waals surface area (Å²) in [6.45, 7) is -0.317. The lowest BCUT2D eigenvalue weighted by Gasteiger charge is -2.13. The van der Waals surface area contributed by atoms with Crippen LogP contribution >= 0.6 is 0 Å². The molecule has 0 bridgehead atoms. The van der Waals surface area contributed by atoms with Crippen molar-refractivity contribution in [3.8, 4) is 5.75 Å². The number of amides is 2. The van der Waals surface area contributed by atoms with E-state index in [0.717, 1.165) is 18.2 Å². The van der Waals surface area contributed by atoms with Crippen LogP contribution in [0.3, 0.4) is 0 Å². The molecule has 2 aromatic rings. The molecule has 2 amide bonds. The fourth-order valence-electron chi connectivity index (χ4n) is 2.23. The molecule has 0 fully saturated rings. The van der Waals surface area contributed by atoms with Crippen LogP contribution in [-0.4, -0.2) is 29.5 Å². The second kappa shape index (κ2) is 6.68. The third kappa shape index (κ3) is 3.32. The number of hydrogen-bond donors (Lipinski definition) is 0. The monoisotopic (exact) mass is 347 g/mol. The Kier molecular flexibility index (Phi) is 4.42. The average Bonchev–Trinajstić information content (AvgIpc) is 2.83. The highest BCUT2D eigenvalue weighted by Gasteiger charge is 2.38. The fourth-order valence-corrected chi connectivity index (χ4v) is 2.23. The Morgan fingerprint density at radius 1 is 1.00 bits per heavy atom. The maximum atomic E-state index is 13.4. The number of hydroxylamine groups is 2. The summed E-state index contributed by atoms with van der Waals surface area (Å²) in [6, 6.07) is 8.71. The van der Waals surface area contributed by atoms with Gasteiger partial charge in [0.15, 0.2) is 11.6 Å². The largest absolute Gasteiger partial charge is 0.490 e. The molecule has 0 radical (unpaired) electrons. The molecular formula is C17H11F2NO5. The number of halogens is 2.